The van der Waals surface area contributed by atoms with Crippen molar-refractivity contribution in [1.29, 1.82) is 0 Å². The number of aromatic nitrogens is 2. The van der Waals surface area contributed by atoms with Gasteiger partial charge < -0.3 is 5.11 Å². The molecule has 1 N–H and O–H groups in total. The number of aliphatic hydroxyl groups excluding tert-OH is 1. The topological polar surface area (TPSA) is 83.4 Å². The Morgan fingerprint density at radius 3 is 2.66 bits per heavy atom. The van der Waals surface area contributed by atoms with Crippen molar-refractivity contribution >= 4 is 28.7 Å². The molecule has 1 aliphatic rings. The number of anilines is 1. The van der Waals surface area contributed by atoms with Gasteiger partial charge in [-0.2, -0.15) is 0 Å². The van der Waals surface area contributed by atoms with Crippen LogP contribution in [0.5, 0.6) is 0 Å². The van der Waals surface area contributed by atoms with Gasteiger partial charge in [-0.25, -0.2) is 9.37 Å². The second kappa shape index (κ2) is 7.21. The highest BCUT2D eigenvalue weighted by molar-refractivity contribution is 7.14. The molecule has 0 aliphatic carbocycles. The van der Waals surface area contributed by atoms with Crippen molar-refractivity contribution in [1.82, 2.24) is 9.97 Å². The van der Waals surface area contributed by atoms with Crippen LogP contribution in [0.4, 0.5) is 10.1 Å². The Bertz CT molecular complexity index is 1160. The zero-order valence-electron chi connectivity index (χ0n) is 15.6. The third-order valence-electron chi connectivity index (χ3n) is 4.65. The standard InChI is InChI=1S/C21H16FN3O3S/c1-11-20(29-12(2)24-11)18(26)16-17(13-5-4-8-23-10-13)25(21(28)19(16)27)15-7-3-6-14(22)9-15/h3-10,17,27H,1-2H3. The third kappa shape index (κ3) is 3.21. The maximum atomic E-state index is 13.9. The van der Waals surface area contributed by atoms with Crippen molar-refractivity contribution in [3.05, 3.63) is 87.1 Å². The zero-order chi connectivity index (χ0) is 20.7. The highest BCUT2D eigenvalue weighted by Gasteiger charge is 2.45. The number of hydrogen-bond donors (Lipinski definition) is 1. The Morgan fingerprint density at radius 1 is 1.24 bits per heavy atom. The number of carbonyl (C=O) groups excluding carboxylic acids is 2. The molecule has 1 unspecified atom stereocenters. The number of amides is 1. The van der Waals surface area contributed by atoms with Crippen LogP contribution in [0.1, 0.15) is 32.0 Å². The quantitative estimate of drug-likeness (QED) is 0.657. The van der Waals surface area contributed by atoms with Crippen molar-refractivity contribution in [2.75, 3.05) is 4.90 Å². The summed E-state index contributed by atoms with van der Waals surface area (Å²) in [5, 5.41) is 11.4. The van der Waals surface area contributed by atoms with Gasteiger partial charge in [0.25, 0.3) is 5.91 Å². The summed E-state index contributed by atoms with van der Waals surface area (Å²) in [6.07, 6.45) is 3.08. The first-order valence-corrected chi connectivity index (χ1v) is 9.61. The number of hydrogen-bond acceptors (Lipinski definition) is 6. The van der Waals surface area contributed by atoms with Gasteiger partial charge in [0, 0.05) is 18.1 Å². The fraction of sp³-hybridized carbons (Fsp3) is 0.143. The Balaban J connectivity index is 1.90. The summed E-state index contributed by atoms with van der Waals surface area (Å²) in [6, 6.07) is 7.89. The molecule has 0 spiro atoms. The van der Waals surface area contributed by atoms with E-state index in [1.54, 1.807) is 38.2 Å². The van der Waals surface area contributed by atoms with Gasteiger partial charge in [-0.15, -0.1) is 11.3 Å². The lowest BCUT2D eigenvalue weighted by Crippen LogP contribution is -2.31. The first-order chi connectivity index (χ1) is 13.9. The molecule has 1 amide bonds. The second-order valence-corrected chi connectivity index (χ2v) is 7.79. The molecule has 0 saturated carbocycles. The lowest BCUT2D eigenvalue weighted by molar-refractivity contribution is -0.117. The fourth-order valence-electron chi connectivity index (χ4n) is 3.45. The lowest BCUT2D eigenvalue weighted by atomic mass is 9.96. The van der Waals surface area contributed by atoms with E-state index in [0.29, 0.717) is 21.1 Å². The number of aryl methyl sites for hydroxylation is 2. The number of carbonyl (C=O) groups is 2. The molecule has 0 radical (unpaired) electrons. The van der Waals surface area contributed by atoms with Crippen LogP contribution in [0.25, 0.3) is 0 Å². The molecule has 1 aliphatic heterocycles. The number of rotatable bonds is 4. The smallest absolute Gasteiger partial charge is 0.294 e. The maximum Gasteiger partial charge on any atom is 0.294 e. The SMILES string of the molecule is Cc1nc(C)c(C(=O)C2=C(O)C(=O)N(c3cccc(F)c3)C2c2cccnc2)s1. The number of halogens is 1. The largest absolute Gasteiger partial charge is 0.503 e. The number of nitrogens with zero attached hydrogens (tertiary/aromatic N) is 3. The minimum atomic E-state index is -0.938. The molecule has 146 valence electrons. The molecule has 4 rings (SSSR count). The summed E-state index contributed by atoms with van der Waals surface area (Å²) >= 11 is 1.20. The fourth-order valence-corrected chi connectivity index (χ4v) is 4.32. The number of aliphatic hydroxyl groups is 1. The summed E-state index contributed by atoms with van der Waals surface area (Å²) in [4.78, 5) is 36.2. The minimum absolute atomic E-state index is 0.0704. The molecule has 0 bridgehead atoms. The van der Waals surface area contributed by atoms with E-state index in [4.69, 9.17) is 0 Å². The Kier molecular flexibility index (Phi) is 4.71. The summed E-state index contributed by atoms with van der Waals surface area (Å²) in [6.45, 7) is 3.48. The van der Waals surface area contributed by atoms with E-state index in [0.717, 1.165) is 0 Å². The first-order valence-electron chi connectivity index (χ1n) is 8.79. The van der Waals surface area contributed by atoms with Gasteiger partial charge in [-0.05, 0) is 43.7 Å². The van der Waals surface area contributed by atoms with Crippen molar-refractivity contribution in [3.8, 4) is 0 Å². The molecular formula is C21H16FN3O3S. The Morgan fingerprint density at radius 2 is 2.03 bits per heavy atom. The van der Waals surface area contributed by atoms with Gasteiger partial charge in [-0.1, -0.05) is 12.1 Å². The average Bonchev–Trinajstić information content (AvgIpc) is 3.18. The summed E-state index contributed by atoms with van der Waals surface area (Å²) < 4.78 is 13.9. The highest BCUT2D eigenvalue weighted by Crippen LogP contribution is 2.42. The van der Waals surface area contributed by atoms with Gasteiger partial charge in [-0.3, -0.25) is 19.5 Å². The molecular weight excluding hydrogens is 393 g/mol. The van der Waals surface area contributed by atoms with Gasteiger partial charge in [0.1, 0.15) is 5.82 Å². The van der Waals surface area contributed by atoms with E-state index in [2.05, 4.69) is 9.97 Å². The van der Waals surface area contributed by atoms with Gasteiger partial charge >= 0.3 is 0 Å². The van der Waals surface area contributed by atoms with E-state index in [1.807, 2.05) is 0 Å². The van der Waals surface area contributed by atoms with Crippen molar-refractivity contribution in [2.24, 2.45) is 0 Å². The molecule has 3 aromatic rings. The van der Waals surface area contributed by atoms with Crippen LogP contribution in [-0.4, -0.2) is 26.8 Å². The summed E-state index contributed by atoms with van der Waals surface area (Å²) in [7, 11) is 0. The minimum Gasteiger partial charge on any atom is -0.503 e. The van der Waals surface area contributed by atoms with Crippen LogP contribution in [0, 0.1) is 19.7 Å². The molecule has 29 heavy (non-hydrogen) atoms. The summed E-state index contributed by atoms with van der Waals surface area (Å²) in [5.41, 5.74) is 1.21. The van der Waals surface area contributed by atoms with Crippen LogP contribution in [0.15, 0.2) is 60.1 Å². The lowest BCUT2D eigenvalue weighted by Gasteiger charge is -2.26. The molecule has 2 aromatic heterocycles. The molecule has 0 fully saturated rings. The van der Waals surface area contributed by atoms with Crippen LogP contribution in [0.3, 0.4) is 0 Å². The molecule has 3 heterocycles. The number of pyridine rings is 1. The summed E-state index contributed by atoms with van der Waals surface area (Å²) in [5.74, 6) is -2.44. The van der Waals surface area contributed by atoms with Crippen LogP contribution in [-0.2, 0) is 4.79 Å². The van der Waals surface area contributed by atoms with Crippen molar-refractivity contribution < 1.29 is 19.1 Å². The number of thiazole rings is 1. The Hall–Kier alpha value is -3.39. The van der Waals surface area contributed by atoms with E-state index >= 15 is 0 Å². The molecule has 1 aromatic carbocycles. The number of benzene rings is 1. The second-order valence-electron chi connectivity index (χ2n) is 6.58. The van der Waals surface area contributed by atoms with E-state index in [1.165, 1.54) is 40.6 Å². The normalized spacial score (nSPS) is 16.6. The van der Waals surface area contributed by atoms with Gasteiger partial charge in [0.2, 0.25) is 5.78 Å². The van der Waals surface area contributed by atoms with Crippen LogP contribution >= 0.6 is 11.3 Å². The van der Waals surface area contributed by atoms with E-state index in [-0.39, 0.29) is 11.3 Å². The predicted octanol–water partition coefficient (Wildman–Crippen LogP) is 4.08. The van der Waals surface area contributed by atoms with E-state index < -0.39 is 29.3 Å². The van der Waals surface area contributed by atoms with Crippen LogP contribution in [0.2, 0.25) is 0 Å². The highest BCUT2D eigenvalue weighted by atomic mass is 32.1. The van der Waals surface area contributed by atoms with E-state index in [9.17, 15) is 19.1 Å². The molecule has 8 heteroatoms. The number of Topliss-reactive ketones (excluding diaryl/α,β-unsaturated/α-hetero) is 1. The molecule has 6 nitrogen and oxygen atoms in total. The zero-order valence-corrected chi connectivity index (χ0v) is 16.4. The average molecular weight is 409 g/mol. The monoisotopic (exact) mass is 409 g/mol. The Labute approximate surface area is 170 Å². The van der Waals surface area contributed by atoms with Gasteiger partial charge in [0.05, 0.1) is 27.2 Å². The predicted molar refractivity (Wildman–Crippen MR) is 106 cm³/mol. The van der Waals surface area contributed by atoms with Gasteiger partial charge in [0.15, 0.2) is 5.76 Å². The van der Waals surface area contributed by atoms with Crippen LogP contribution < -0.4 is 4.90 Å². The molecule has 0 saturated heterocycles. The maximum absolute atomic E-state index is 13.9. The number of ketones is 1. The molecule has 1 atom stereocenters. The van der Waals surface area contributed by atoms with Crippen molar-refractivity contribution in [2.45, 2.75) is 19.9 Å². The third-order valence-corrected chi connectivity index (χ3v) is 5.72. The van der Waals surface area contributed by atoms with Crippen molar-refractivity contribution in [3.63, 3.8) is 0 Å². The first kappa shape index (κ1) is 18.9.